The first-order chi connectivity index (χ1) is 15.2. The molecular weight excluding hydrogens is 455 g/mol. The maximum absolute atomic E-state index is 13.2. The lowest BCUT2D eigenvalue weighted by atomic mass is 10.1. The Bertz CT molecular complexity index is 1250. The van der Waals surface area contributed by atoms with Crippen LogP contribution in [-0.2, 0) is 12.8 Å². The van der Waals surface area contributed by atoms with E-state index in [2.05, 4.69) is 21.9 Å². The summed E-state index contributed by atoms with van der Waals surface area (Å²) in [4.78, 5) is 18.6. The summed E-state index contributed by atoms with van der Waals surface area (Å²) in [5.74, 6) is 5.58. The number of halogens is 3. The number of hydrogen-bond donors (Lipinski definition) is 2. The summed E-state index contributed by atoms with van der Waals surface area (Å²) in [6.07, 6.45) is -1.52. The van der Waals surface area contributed by atoms with Crippen LogP contribution in [0.15, 0.2) is 42.7 Å². The molecule has 1 amide bonds. The Balaban J connectivity index is 0.00000306. The van der Waals surface area contributed by atoms with E-state index in [-0.39, 0.29) is 44.2 Å². The molecule has 1 aliphatic heterocycles. The molecular formula is C22H20F3N5O2S. The highest BCUT2D eigenvalue weighted by Crippen LogP contribution is 2.32. The predicted octanol–water partition coefficient (Wildman–Crippen LogP) is 3.11. The Morgan fingerprint density at radius 3 is 2.55 bits per heavy atom. The van der Waals surface area contributed by atoms with Crippen molar-refractivity contribution >= 4 is 30.9 Å². The molecule has 0 spiro atoms. The number of rotatable bonds is 2. The third-order valence-electron chi connectivity index (χ3n) is 5.13. The van der Waals surface area contributed by atoms with E-state index < -0.39 is 17.6 Å². The molecule has 0 radical (unpaired) electrons. The maximum atomic E-state index is 13.2. The molecule has 2 aromatic heterocycles. The van der Waals surface area contributed by atoms with Crippen molar-refractivity contribution in [3.63, 3.8) is 0 Å². The Morgan fingerprint density at radius 1 is 1.21 bits per heavy atom. The maximum Gasteiger partial charge on any atom is 0.416 e. The second-order valence-corrected chi connectivity index (χ2v) is 7.34. The van der Waals surface area contributed by atoms with Crippen molar-refractivity contribution in [3.8, 4) is 11.8 Å². The number of amides is 1. The number of anilines is 2. The molecule has 3 heterocycles. The van der Waals surface area contributed by atoms with Gasteiger partial charge >= 0.3 is 6.18 Å². The fraction of sp³-hybridized carbons (Fsp3) is 0.227. The van der Waals surface area contributed by atoms with Gasteiger partial charge in [-0.25, -0.2) is 4.98 Å². The second-order valence-electron chi connectivity index (χ2n) is 7.34. The van der Waals surface area contributed by atoms with E-state index in [9.17, 15) is 23.1 Å². The lowest BCUT2D eigenvalue weighted by Crippen LogP contribution is -2.43. The molecule has 11 heteroatoms. The summed E-state index contributed by atoms with van der Waals surface area (Å²) in [5.41, 5.74) is 6.81. The number of nitrogens with zero attached hydrogens (tertiary/aromatic N) is 4. The number of benzene rings is 1. The Morgan fingerprint density at radius 2 is 1.91 bits per heavy atom. The van der Waals surface area contributed by atoms with Gasteiger partial charge in [-0.1, -0.05) is 11.8 Å². The summed E-state index contributed by atoms with van der Waals surface area (Å²) < 4.78 is 40.2. The molecule has 172 valence electrons. The van der Waals surface area contributed by atoms with Gasteiger partial charge in [0.05, 0.1) is 30.0 Å². The second kappa shape index (κ2) is 9.17. The van der Waals surface area contributed by atoms with Crippen molar-refractivity contribution in [2.24, 2.45) is 0 Å². The molecule has 0 fully saturated rings. The molecule has 0 saturated carbocycles. The standard InChI is InChI=1S/C22H18F3N5O2.H2S/c1-13-11-29(18-6-4-17(5-7-18)22(23,24)25)21(32)19-15(10-28-30(13)19)3-2-14-8-16(12-31)20(26)27-9-14;/h4-10,13,31H,11-12H2,1H3,(H2,26,27);1H2/t13-;/m0./s1. The van der Waals surface area contributed by atoms with E-state index in [1.807, 2.05) is 6.92 Å². The molecule has 0 saturated heterocycles. The van der Waals surface area contributed by atoms with E-state index in [1.165, 1.54) is 29.4 Å². The number of fused-ring (bicyclic) bond motifs is 1. The van der Waals surface area contributed by atoms with E-state index >= 15 is 0 Å². The molecule has 3 N–H and O–H groups in total. The number of carbonyl (C=O) groups excluding carboxylic acids is 1. The van der Waals surface area contributed by atoms with Crippen molar-refractivity contribution < 1.29 is 23.1 Å². The monoisotopic (exact) mass is 475 g/mol. The van der Waals surface area contributed by atoms with Gasteiger partial charge in [0.15, 0.2) is 0 Å². The number of carbonyl (C=O) groups is 1. The van der Waals surface area contributed by atoms with Gasteiger partial charge in [0.25, 0.3) is 5.91 Å². The van der Waals surface area contributed by atoms with Crippen molar-refractivity contribution in [3.05, 3.63) is 70.7 Å². The van der Waals surface area contributed by atoms with Crippen LogP contribution in [0.3, 0.4) is 0 Å². The van der Waals surface area contributed by atoms with Crippen LogP contribution in [0.4, 0.5) is 24.7 Å². The lowest BCUT2D eigenvalue weighted by molar-refractivity contribution is -0.137. The van der Waals surface area contributed by atoms with Gasteiger partial charge in [0.2, 0.25) is 0 Å². The van der Waals surface area contributed by atoms with Crippen LogP contribution in [-0.4, -0.2) is 32.3 Å². The number of nitrogens with two attached hydrogens (primary N) is 1. The number of aliphatic hydroxyl groups excluding tert-OH is 1. The van der Waals surface area contributed by atoms with Crippen LogP contribution in [0.1, 0.15) is 45.7 Å². The topological polar surface area (TPSA) is 97.3 Å². The smallest absolute Gasteiger partial charge is 0.392 e. The van der Waals surface area contributed by atoms with Crippen molar-refractivity contribution in [1.29, 1.82) is 0 Å². The van der Waals surface area contributed by atoms with Gasteiger partial charge in [-0.2, -0.15) is 31.8 Å². The Kier molecular flexibility index (Phi) is 6.71. The summed E-state index contributed by atoms with van der Waals surface area (Å²) in [5, 5.41) is 13.6. The summed E-state index contributed by atoms with van der Waals surface area (Å²) in [7, 11) is 0. The minimum Gasteiger partial charge on any atom is -0.392 e. The van der Waals surface area contributed by atoms with Crippen LogP contribution in [0.25, 0.3) is 0 Å². The largest absolute Gasteiger partial charge is 0.416 e. The minimum absolute atomic E-state index is 0. The molecule has 1 aliphatic rings. The third kappa shape index (κ3) is 4.67. The Hall–Kier alpha value is -3.49. The minimum atomic E-state index is -4.45. The van der Waals surface area contributed by atoms with Crippen LogP contribution >= 0.6 is 13.5 Å². The van der Waals surface area contributed by atoms with E-state index in [4.69, 9.17) is 5.73 Å². The number of nitrogen functional groups attached to an aromatic ring is 1. The average Bonchev–Trinajstić information content (AvgIpc) is 3.20. The molecule has 0 bridgehead atoms. The summed E-state index contributed by atoms with van der Waals surface area (Å²) >= 11 is 0. The molecule has 4 rings (SSSR count). The van der Waals surface area contributed by atoms with E-state index in [1.54, 1.807) is 10.7 Å². The predicted molar refractivity (Wildman–Crippen MR) is 121 cm³/mol. The number of alkyl halides is 3. The van der Waals surface area contributed by atoms with Gasteiger partial charge in [-0.15, -0.1) is 0 Å². The first-order valence-corrected chi connectivity index (χ1v) is 9.63. The first-order valence-electron chi connectivity index (χ1n) is 9.63. The normalized spacial score (nSPS) is 15.4. The average molecular weight is 475 g/mol. The van der Waals surface area contributed by atoms with Gasteiger partial charge in [-0.3, -0.25) is 9.48 Å². The highest BCUT2D eigenvalue weighted by Gasteiger charge is 2.34. The molecule has 1 atom stereocenters. The molecule has 0 unspecified atom stereocenters. The van der Waals surface area contributed by atoms with Crippen LogP contribution in [0, 0.1) is 11.8 Å². The van der Waals surface area contributed by atoms with Crippen LogP contribution < -0.4 is 10.6 Å². The number of hydrogen-bond acceptors (Lipinski definition) is 5. The van der Waals surface area contributed by atoms with Gasteiger partial charge in [0, 0.05) is 29.6 Å². The number of pyridine rings is 1. The van der Waals surface area contributed by atoms with Gasteiger partial charge in [0.1, 0.15) is 11.5 Å². The molecule has 7 nitrogen and oxygen atoms in total. The zero-order valence-electron chi connectivity index (χ0n) is 17.4. The quantitative estimate of drug-likeness (QED) is 0.555. The van der Waals surface area contributed by atoms with Crippen molar-refractivity contribution in [1.82, 2.24) is 14.8 Å². The van der Waals surface area contributed by atoms with Gasteiger partial charge in [-0.05, 0) is 37.3 Å². The van der Waals surface area contributed by atoms with Crippen LogP contribution in [0.5, 0.6) is 0 Å². The SMILES string of the molecule is C[C@H]1CN(c2ccc(C(F)(F)F)cc2)C(=O)c2c(C#Cc3cnc(N)c(CO)c3)cnn21.S. The van der Waals surface area contributed by atoms with Crippen LogP contribution in [0.2, 0.25) is 0 Å². The molecule has 3 aromatic rings. The number of aliphatic hydroxyl groups is 1. The zero-order valence-corrected chi connectivity index (χ0v) is 18.4. The third-order valence-corrected chi connectivity index (χ3v) is 5.13. The Labute approximate surface area is 194 Å². The highest BCUT2D eigenvalue weighted by atomic mass is 32.1. The fourth-order valence-electron chi connectivity index (χ4n) is 3.46. The highest BCUT2D eigenvalue weighted by molar-refractivity contribution is 7.59. The zero-order chi connectivity index (χ0) is 23.0. The summed E-state index contributed by atoms with van der Waals surface area (Å²) in [6.45, 7) is 1.83. The van der Waals surface area contributed by atoms with E-state index in [0.29, 0.717) is 22.4 Å². The number of aromatic nitrogens is 3. The molecule has 0 aliphatic carbocycles. The first kappa shape index (κ1) is 24.2. The molecule has 1 aromatic carbocycles. The van der Waals surface area contributed by atoms with Crippen molar-refractivity contribution in [2.45, 2.75) is 25.7 Å². The van der Waals surface area contributed by atoms with Crippen molar-refractivity contribution in [2.75, 3.05) is 17.2 Å². The molecule has 33 heavy (non-hydrogen) atoms. The summed E-state index contributed by atoms with van der Waals surface area (Å²) in [6, 6.07) is 5.85. The lowest BCUT2D eigenvalue weighted by Gasteiger charge is -2.32. The van der Waals surface area contributed by atoms with E-state index in [0.717, 1.165) is 12.1 Å². The fourth-order valence-corrected chi connectivity index (χ4v) is 3.46. The van der Waals surface area contributed by atoms with Gasteiger partial charge < -0.3 is 15.7 Å².